The minimum absolute atomic E-state index is 0.312. The molecule has 0 bridgehead atoms. The molecule has 3 heterocycles. The lowest BCUT2D eigenvalue weighted by Crippen LogP contribution is -2.36. The van der Waals surface area contributed by atoms with Gasteiger partial charge in [-0.1, -0.05) is 6.92 Å². The van der Waals surface area contributed by atoms with E-state index < -0.39 is 0 Å². The van der Waals surface area contributed by atoms with E-state index in [0.29, 0.717) is 66.9 Å². The lowest BCUT2D eigenvalue weighted by molar-refractivity contribution is 0.158. The first kappa shape index (κ1) is 22.9. The van der Waals surface area contributed by atoms with Gasteiger partial charge in [0, 0.05) is 25.4 Å². The normalized spacial score (nSPS) is 14.3. The van der Waals surface area contributed by atoms with E-state index in [-0.39, 0.29) is 0 Å². The van der Waals surface area contributed by atoms with Crippen LogP contribution < -0.4 is 21.3 Å². The van der Waals surface area contributed by atoms with E-state index in [1.54, 1.807) is 6.20 Å². The maximum Gasteiger partial charge on any atom is 0.225 e. The molecular formula is C22H34N8O. The number of hydrogen-bond acceptors (Lipinski definition) is 9. The summed E-state index contributed by atoms with van der Waals surface area (Å²) in [4.78, 5) is 13.9. The lowest BCUT2D eigenvalue weighted by Gasteiger charge is -2.25. The summed E-state index contributed by atoms with van der Waals surface area (Å²) in [7, 11) is 0. The molecule has 31 heavy (non-hydrogen) atoms. The van der Waals surface area contributed by atoms with Crippen molar-refractivity contribution in [2.24, 2.45) is 0 Å². The summed E-state index contributed by atoms with van der Waals surface area (Å²) >= 11 is 0. The molecule has 0 unspecified atom stereocenters. The molecular weight excluding hydrogens is 392 g/mol. The second-order valence-corrected chi connectivity index (χ2v) is 7.59. The van der Waals surface area contributed by atoms with Crippen molar-refractivity contribution in [3.8, 4) is 0 Å². The van der Waals surface area contributed by atoms with Gasteiger partial charge in [-0.15, -0.1) is 0 Å². The summed E-state index contributed by atoms with van der Waals surface area (Å²) in [5.74, 6) is 1.84. The molecule has 0 spiro atoms. The zero-order chi connectivity index (χ0) is 22.1. The van der Waals surface area contributed by atoms with Gasteiger partial charge in [-0.2, -0.15) is 4.98 Å². The van der Waals surface area contributed by atoms with Gasteiger partial charge in [0.1, 0.15) is 17.2 Å². The topological polar surface area (TPSA) is 120 Å². The Bertz CT molecular complexity index is 867. The van der Waals surface area contributed by atoms with Crippen molar-refractivity contribution in [1.82, 2.24) is 20.3 Å². The van der Waals surface area contributed by atoms with E-state index in [2.05, 4.69) is 26.3 Å². The summed E-state index contributed by atoms with van der Waals surface area (Å²) in [5, 5.41) is 22.1. The average molecular weight is 427 g/mol. The van der Waals surface area contributed by atoms with E-state index in [1.165, 1.54) is 0 Å². The molecule has 9 nitrogen and oxygen atoms in total. The molecule has 1 saturated heterocycles. The highest BCUT2D eigenvalue weighted by atomic mass is 16.5. The molecule has 1 aliphatic rings. The number of aryl methyl sites for hydroxylation is 1. The standard InChI is InChI=1S/C22H34N8O/c1-4-17(23)19-20(26-12-13-31-5-2)21(28-18-14-15(3)6-11-25-18)30-22(29-19)27-16-7-9-24-10-8-16/h6,11,14,16,23-24,26H,4-5,7-10,12-13H2,1-3H3,(H2,25,27,28,29,30). The van der Waals surface area contributed by atoms with Gasteiger partial charge in [0.2, 0.25) is 5.95 Å². The summed E-state index contributed by atoms with van der Waals surface area (Å²) in [6.45, 7) is 9.73. The van der Waals surface area contributed by atoms with Crippen LogP contribution in [-0.2, 0) is 4.74 Å². The lowest BCUT2D eigenvalue weighted by atomic mass is 10.1. The Morgan fingerprint density at radius 1 is 1.26 bits per heavy atom. The van der Waals surface area contributed by atoms with Crippen LogP contribution in [0.3, 0.4) is 0 Å². The Morgan fingerprint density at radius 2 is 2.06 bits per heavy atom. The average Bonchev–Trinajstić information content (AvgIpc) is 2.77. The molecule has 0 atom stereocenters. The van der Waals surface area contributed by atoms with Crippen LogP contribution in [0.15, 0.2) is 18.3 Å². The summed E-state index contributed by atoms with van der Waals surface area (Å²) < 4.78 is 5.47. The molecule has 0 radical (unpaired) electrons. The van der Waals surface area contributed by atoms with E-state index in [4.69, 9.17) is 20.1 Å². The molecule has 0 aliphatic carbocycles. The molecule has 1 fully saturated rings. The quantitative estimate of drug-likeness (QED) is 0.274. The van der Waals surface area contributed by atoms with Crippen molar-refractivity contribution in [2.75, 3.05) is 48.8 Å². The van der Waals surface area contributed by atoms with Crippen molar-refractivity contribution in [3.63, 3.8) is 0 Å². The zero-order valence-corrected chi connectivity index (χ0v) is 18.7. The van der Waals surface area contributed by atoms with Crippen LogP contribution in [0.1, 0.15) is 44.4 Å². The molecule has 168 valence electrons. The fourth-order valence-electron chi connectivity index (χ4n) is 3.44. The van der Waals surface area contributed by atoms with Crippen LogP contribution in [0.25, 0.3) is 0 Å². The number of nitrogens with zero attached hydrogens (tertiary/aromatic N) is 3. The van der Waals surface area contributed by atoms with E-state index >= 15 is 0 Å². The van der Waals surface area contributed by atoms with Crippen LogP contribution >= 0.6 is 0 Å². The van der Waals surface area contributed by atoms with Gasteiger partial charge in [0.25, 0.3) is 0 Å². The summed E-state index contributed by atoms with van der Waals surface area (Å²) in [6, 6.07) is 4.23. The summed E-state index contributed by atoms with van der Waals surface area (Å²) in [6.07, 6.45) is 4.37. The zero-order valence-electron chi connectivity index (χ0n) is 18.7. The molecule has 3 rings (SSSR count). The van der Waals surface area contributed by atoms with Crippen LogP contribution in [0.2, 0.25) is 0 Å². The number of pyridine rings is 1. The predicted octanol–water partition coefficient (Wildman–Crippen LogP) is 3.31. The number of hydrogen-bond donors (Lipinski definition) is 5. The highest BCUT2D eigenvalue weighted by Gasteiger charge is 2.20. The molecule has 2 aromatic heterocycles. The number of nitrogens with one attached hydrogen (secondary N) is 5. The van der Waals surface area contributed by atoms with Crippen LogP contribution in [0, 0.1) is 12.3 Å². The predicted molar refractivity (Wildman–Crippen MR) is 126 cm³/mol. The minimum atomic E-state index is 0.312. The Balaban J connectivity index is 1.96. The second-order valence-electron chi connectivity index (χ2n) is 7.59. The molecule has 5 N–H and O–H groups in total. The van der Waals surface area contributed by atoms with Crippen LogP contribution in [0.5, 0.6) is 0 Å². The van der Waals surface area contributed by atoms with Gasteiger partial charge in [-0.25, -0.2) is 9.97 Å². The van der Waals surface area contributed by atoms with E-state index in [9.17, 15) is 0 Å². The number of ether oxygens (including phenoxy) is 1. The monoisotopic (exact) mass is 426 g/mol. The first-order valence-electron chi connectivity index (χ1n) is 11.1. The Labute approximate surface area is 184 Å². The van der Waals surface area contributed by atoms with E-state index in [0.717, 1.165) is 31.5 Å². The minimum Gasteiger partial charge on any atom is -0.380 e. The number of aromatic nitrogens is 3. The van der Waals surface area contributed by atoms with E-state index in [1.807, 2.05) is 32.9 Å². The Kier molecular flexibility index (Phi) is 8.54. The fourth-order valence-corrected chi connectivity index (χ4v) is 3.44. The van der Waals surface area contributed by atoms with Gasteiger partial charge in [0.15, 0.2) is 5.82 Å². The molecule has 1 aliphatic heterocycles. The largest absolute Gasteiger partial charge is 0.380 e. The molecule has 9 heteroatoms. The van der Waals surface area contributed by atoms with Crippen molar-refractivity contribution in [3.05, 3.63) is 29.6 Å². The Morgan fingerprint density at radius 3 is 2.77 bits per heavy atom. The molecule has 0 aromatic carbocycles. The number of piperidine rings is 1. The molecule has 2 aromatic rings. The first-order valence-corrected chi connectivity index (χ1v) is 11.1. The summed E-state index contributed by atoms with van der Waals surface area (Å²) in [5.41, 5.74) is 2.85. The maximum atomic E-state index is 8.52. The van der Waals surface area contributed by atoms with Gasteiger partial charge in [-0.05, 0) is 63.9 Å². The number of rotatable bonds is 11. The van der Waals surface area contributed by atoms with Gasteiger partial charge in [0.05, 0.1) is 12.3 Å². The highest BCUT2D eigenvalue weighted by Crippen LogP contribution is 2.29. The third-order valence-electron chi connectivity index (χ3n) is 5.14. The SMILES string of the molecule is CCOCCNc1c(Nc2cc(C)ccn2)nc(NC2CCNCC2)nc1C(=N)CC. The number of anilines is 4. The first-order chi connectivity index (χ1) is 15.1. The van der Waals surface area contributed by atoms with Crippen molar-refractivity contribution in [2.45, 2.75) is 46.1 Å². The van der Waals surface area contributed by atoms with Gasteiger partial charge in [-0.3, -0.25) is 0 Å². The Hall–Kier alpha value is -2.78. The van der Waals surface area contributed by atoms with Crippen molar-refractivity contribution in [1.29, 1.82) is 5.41 Å². The van der Waals surface area contributed by atoms with Crippen LogP contribution in [-0.4, -0.2) is 59.6 Å². The third-order valence-corrected chi connectivity index (χ3v) is 5.14. The smallest absolute Gasteiger partial charge is 0.225 e. The highest BCUT2D eigenvalue weighted by molar-refractivity contribution is 6.03. The second kappa shape index (κ2) is 11.6. The van der Waals surface area contributed by atoms with Crippen LogP contribution in [0.4, 0.5) is 23.3 Å². The van der Waals surface area contributed by atoms with Crippen molar-refractivity contribution >= 4 is 29.0 Å². The maximum absolute atomic E-state index is 8.52. The molecule has 0 amide bonds. The van der Waals surface area contributed by atoms with Gasteiger partial charge >= 0.3 is 0 Å². The molecule has 0 saturated carbocycles. The fraction of sp³-hybridized carbons (Fsp3) is 0.545. The van der Waals surface area contributed by atoms with Gasteiger partial charge < -0.3 is 31.4 Å². The van der Waals surface area contributed by atoms with Crippen molar-refractivity contribution < 1.29 is 4.74 Å². The third kappa shape index (κ3) is 6.60.